The van der Waals surface area contributed by atoms with Crippen LogP contribution in [0.25, 0.3) is 33.8 Å². The van der Waals surface area contributed by atoms with Gasteiger partial charge in [-0.25, -0.2) is 15.0 Å². The number of nitrogens with zero attached hydrogens (tertiary/aromatic N) is 12. The minimum absolute atomic E-state index is 0.0502. The molecule has 9 heterocycles. The Balaban J connectivity index is 0.000000158. The molecular formula is C54H60N12O3S3. The van der Waals surface area contributed by atoms with Crippen molar-refractivity contribution in [1.82, 2.24) is 43.6 Å². The summed E-state index contributed by atoms with van der Waals surface area (Å²) in [5.74, 6) is 3.98. The smallest absolute Gasteiger partial charge is 0.272 e. The molecule has 0 aromatic carbocycles. The maximum Gasteiger partial charge on any atom is 0.272 e. The number of thioether (sulfide) groups is 3. The summed E-state index contributed by atoms with van der Waals surface area (Å²) in [5, 5.41) is 30.5. The molecule has 15 nitrogen and oxygen atoms in total. The molecule has 0 bridgehead atoms. The van der Waals surface area contributed by atoms with E-state index in [1.54, 1.807) is 67.6 Å². The van der Waals surface area contributed by atoms with E-state index in [1.165, 1.54) is 0 Å². The predicted molar refractivity (Wildman–Crippen MR) is 285 cm³/mol. The van der Waals surface area contributed by atoms with E-state index in [0.29, 0.717) is 86.6 Å². The topological polar surface area (TPSA) is 215 Å². The lowest BCUT2D eigenvalue weighted by molar-refractivity contribution is 0.460. The highest BCUT2D eigenvalue weighted by atomic mass is 32.2. The summed E-state index contributed by atoms with van der Waals surface area (Å²) in [7, 11) is 0. The van der Waals surface area contributed by atoms with Gasteiger partial charge in [0.25, 0.3) is 16.7 Å². The number of aromatic nitrogens is 9. The lowest BCUT2D eigenvalue weighted by Gasteiger charge is -2.23. The van der Waals surface area contributed by atoms with Crippen LogP contribution in [-0.2, 0) is 35.9 Å². The summed E-state index contributed by atoms with van der Waals surface area (Å²) >= 11 is 4.71. The third kappa shape index (κ3) is 11.6. The monoisotopic (exact) mass is 1020 g/mol. The van der Waals surface area contributed by atoms with Gasteiger partial charge in [-0.3, -0.25) is 43.0 Å². The fraction of sp³-hybridized carbons (Fsp3) is 0.444. The molecule has 3 aliphatic heterocycles. The maximum absolute atomic E-state index is 12.7. The van der Waals surface area contributed by atoms with E-state index in [4.69, 9.17) is 0 Å². The first-order valence-electron chi connectivity index (χ1n) is 23.9. The van der Waals surface area contributed by atoms with Gasteiger partial charge in [-0.15, -0.1) is 0 Å². The van der Waals surface area contributed by atoms with Crippen LogP contribution in [0.15, 0.2) is 84.8 Å². The summed E-state index contributed by atoms with van der Waals surface area (Å²) < 4.78 is 4.87. The zero-order valence-corrected chi connectivity index (χ0v) is 45.4. The fourth-order valence-corrected chi connectivity index (χ4v) is 11.0. The molecule has 0 saturated heterocycles. The van der Waals surface area contributed by atoms with Crippen molar-refractivity contribution in [3.63, 3.8) is 0 Å². The van der Waals surface area contributed by atoms with Gasteiger partial charge in [0.15, 0.2) is 15.5 Å². The van der Waals surface area contributed by atoms with Crippen molar-refractivity contribution >= 4 is 35.3 Å². The van der Waals surface area contributed by atoms with E-state index < -0.39 is 0 Å². The highest BCUT2D eigenvalue weighted by Crippen LogP contribution is 2.33. The molecule has 1 unspecified atom stereocenters. The van der Waals surface area contributed by atoms with Crippen LogP contribution in [0.3, 0.4) is 0 Å². The Labute approximate surface area is 433 Å². The molecular weight excluding hydrogens is 961 g/mol. The summed E-state index contributed by atoms with van der Waals surface area (Å²) in [4.78, 5) is 65.3. The molecule has 0 fully saturated rings. The highest BCUT2D eigenvalue weighted by Gasteiger charge is 2.27. The van der Waals surface area contributed by atoms with E-state index in [2.05, 4.69) is 113 Å². The normalized spacial score (nSPS) is 17.2. The number of hydrogen-bond donors (Lipinski definition) is 0. The van der Waals surface area contributed by atoms with Gasteiger partial charge in [0.2, 0.25) is 0 Å². The summed E-state index contributed by atoms with van der Waals surface area (Å²) in [6.45, 7) is 27.0. The van der Waals surface area contributed by atoms with Crippen molar-refractivity contribution in [1.29, 1.82) is 15.8 Å². The standard InChI is InChI=1S/3C18H20N4OS/c3*1-11-9-22-16(23)13(7-19)15(21-17(22)24-10-11)12-5-6-14(20-8-12)18(2,3)4/h3*5-6,8,11H,9-10H2,1-4H3/t2*11-;/m10./s1. The van der Waals surface area contributed by atoms with Gasteiger partial charge in [-0.1, -0.05) is 118 Å². The van der Waals surface area contributed by atoms with E-state index in [1.807, 2.05) is 54.6 Å². The molecule has 3 aliphatic rings. The van der Waals surface area contributed by atoms with E-state index in [0.717, 1.165) is 34.3 Å². The van der Waals surface area contributed by atoms with Crippen LogP contribution in [0, 0.1) is 51.7 Å². The number of rotatable bonds is 3. The minimum atomic E-state index is -0.253. The van der Waals surface area contributed by atoms with Crippen LogP contribution in [0.1, 0.15) is 117 Å². The van der Waals surface area contributed by atoms with Crippen molar-refractivity contribution in [2.45, 2.75) is 134 Å². The van der Waals surface area contributed by atoms with Crippen LogP contribution >= 0.6 is 35.3 Å². The first-order chi connectivity index (χ1) is 33.9. The first-order valence-corrected chi connectivity index (χ1v) is 26.8. The maximum atomic E-state index is 12.7. The number of pyridine rings is 3. The Bertz CT molecular complexity index is 2970. The second-order valence-electron chi connectivity index (χ2n) is 21.7. The van der Waals surface area contributed by atoms with Gasteiger partial charge >= 0.3 is 0 Å². The number of fused-ring (bicyclic) bond motifs is 3. The molecule has 9 rings (SSSR count). The summed E-state index contributed by atoms with van der Waals surface area (Å²) in [6.07, 6.45) is 5.11. The quantitative estimate of drug-likeness (QED) is 0.151. The van der Waals surface area contributed by atoms with Crippen LogP contribution in [0.4, 0.5) is 0 Å². The summed E-state index contributed by atoms with van der Waals surface area (Å²) in [5.41, 5.74) is 5.69. The largest absolute Gasteiger partial charge is 0.286 e. The van der Waals surface area contributed by atoms with Crippen molar-refractivity contribution in [3.05, 3.63) is 120 Å². The van der Waals surface area contributed by atoms with E-state index in [-0.39, 0.29) is 49.6 Å². The molecule has 3 atom stereocenters. The average molecular weight is 1020 g/mol. The van der Waals surface area contributed by atoms with Gasteiger partial charge in [-0.2, -0.15) is 15.8 Å². The third-order valence-electron chi connectivity index (χ3n) is 12.1. The van der Waals surface area contributed by atoms with Crippen LogP contribution in [-0.4, -0.2) is 60.9 Å². The van der Waals surface area contributed by atoms with Gasteiger partial charge in [0.1, 0.15) is 34.9 Å². The molecule has 6 aromatic rings. The van der Waals surface area contributed by atoms with Crippen LogP contribution < -0.4 is 16.7 Å². The lowest BCUT2D eigenvalue weighted by Crippen LogP contribution is -2.32. The van der Waals surface area contributed by atoms with E-state index in [9.17, 15) is 30.2 Å². The Kier molecular flexibility index (Phi) is 15.9. The Morgan fingerprint density at radius 3 is 0.903 bits per heavy atom. The molecule has 18 heteroatoms. The Morgan fingerprint density at radius 2 is 0.708 bits per heavy atom. The van der Waals surface area contributed by atoms with Crippen molar-refractivity contribution in [3.8, 4) is 52.0 Å². The highest BCUT2D eigenvalue weighted by molar-refractivity contribution is 7.99. The predicted octanol–water partition coefficient (Wildman–Crippen LogP) is 9.65. The van der Waals surface area contributed by atoms with Gasteiger partial charge < -0.3 is 0 Å². The zero-order chi connectivity index (χ0) is 52.4. The average Bonchev–Trinajstić information content (AvgIpc) is 3.34. The summed E-state index contributed by atoms with van der Waals surface area (Å²) in [6, 6.07) is 17.6. The fourth-order valence-electron chi connectivity index (χ4n) is 8.02. The second kappa shape index (κ2) is 21.4. The Hall–Kier alpha value is -6.39. The van der Waals surface area contributed by atoms with Gasteiger partial charge in [-0.05, 0) is 54.2 Å². The number of hydrogen-bond acceptors (Lipinski definition) is 15. The van der Waals surface area contributed by atoms with Gasteiger partial charge in [0, 0.05) is 106 Å². The molecule has 6 aromatic heterocycles. The molecule has 372 valence electrons. The SMILES string of the molecule is CC1CSc2nc(-c3ccc(C(C)(C)C)nc3)c(C#N)c(=O)n2C1.C[C@@H]1CSc2nc(-c3ccc(C(C)(C)C)nc3)c(C#N)c(=O)n2C1.C[C@H]1CSc2nc(-c3ccc(C(C)(C)C)nc3)c(C#N)c(=O)n2C1. The zero-order valence-electron chi connectivity index (χ0n) is 43.0. The molecule has 72 heavy (non-hydrogen) atoms. The van der Waals surface area contributed by atoms with Crippen LogP contribution in [0.2, 0.25) is 0 Å². The van der Waals surface area contributed by atoms with Crippen molar-refractivity contribution < 1.29 is 0 Å². The lowest BCUT2D eigenvalue weighted by atomic mass is 9.91. The molecule has 0 saturated carbocycles. The number of nitriles is 3. The van der Waals surface area contributed by atoms with Crippen LogP contribution in [0.5, 0.6) is 0 Å². The Morgan fingerprint density at radius 1 is 0.458 bits per heavy atom. The molecule has 0 N–H and O–H groups in total. The van der Waals surface area contributed by atoms with E-state index >= 15 is 0 Å². The first kappa shape index (κ1) is 53.4. The third-order valence-corrected chi connectivity index (χ3v) is 16.0. The molecule has 0 amide bonds. The van der Waals surface area contributed by atoms with Crippen molar-refractivity contribution in [2.24, 2.45) is 17.8 Å². The minimum Gasteiger partial charge on any atom is -0.286 e. The molecule has 0 radical (unpaired) electrons. The molecule has 0 aliphatic carbocycles. The molecule has 0 spiro atoms. The second-order valence-corrected chi connectivity index (χ2v) is 24.7. The van der Waals surface area contributed by atoms with Gasteiger partial charge in [0.05, 0.1) is 17.1 Å². The van der Waals surface area contributed by atoms with Crippen molar-refractivity contribution in [2.75, 3.05) is 17.3 Å².